The molecule has 1 N–H and O–H groups in total. The molecule has 0 heterocycles. The largest absolute Gasteiger partial charge is 0.379 e. The van der Waals surface area contributed by atoms with Crippen molar-refractivity contribution >= 4 is 25.3 Å². The molecule has 3 heteroatoms. The summed E-state index contributed by atoms with van der Waals surface area (Å²) in [5, 5.41) is 3.07. The van der Waals surface area contributed by atoms with Crippen LogP contribution in [0, 0.1) is 0 Å². The zero-order chi connectivity index (χ0) is 12.3. The van der Waals surface area contributed by atoms with Gasteiger partial charge in [-0.25, -0.2) is 0 Å². The van der Waals surface area contributed by atoms with Gasteiger partial charge in [0.2, 0.25) is 0 Å². The molecule has 0 radical (unpaired) electrons. The van der Waals surface area contributed by atoms with Gasteiger partial charge in [-0.2, -0.15) is 0 Å². The smallest absolute Gasteiger partial charge is 0.106 e. The molecule has 1 atom stereocenters. The monoisotopic (exact) mass is 251 g/mol. The molecule has 88 valence electrons. The molecule has 0 saturated carbocycles. The van der Waals surface area contributed by atoms with Crippen LogP contribution in [0.25, 0.3) is 0 Å². The number of nitrogens with one attached hydrogen (secondary N) is 1. The first-order valence-electron chi connectivity index (χ1n) is 5.69. The van der Waals surface area contributed by atoms with Crippen LogP contribution in [-0.4, -0.2) is 20.1 Å². The molecule has 0 amide bonds. The number of rotatable bonds is 3. The molecule has 0 fully saturated rings. The Morgan fingerprint density at radius 2 is 1.81 bits per heavy atom. The van der Waals surface area contributed by atoms with E-state index in [1.54, 1.807) is 0 Å². The maximum Gasteiger partial charge on any atom is 0.106 e. The Bertz CT molecular complexity index is 382. The van der Waals surface area contributed by atoms with E-state index in [-0.39, 0.29) is 0 Å². The standard InChI is InChI=1S/C13H21NSSi/c1-10(16(3,4)5)11-8-6-7-9-12(11)13(15)14-2/h6-10H,1-5H3,(H,14,15). The predicted molar refractivity (Wildman–Crippen MR) is 79.0 cm³/mol. The highest BCUT2D eigenvalue weighted by Crippen LogP contribution is 2.28. The van der Waals surface area contributed by atoms with E-state index < -0.39 is 8.07 Å². The van der Waals surface area contributed by atoms with Crippen LogP contribution in [0.15, 0.2) is 24.3 Å². The summed E-state index contributed by atoms with van der Waals surface area (Å²) in [5.74, 6) is 0. The normalized spacial score (nSPS) is 13.3. The van der Waals surface area contributed by atoms with Crippen LogP contribution < -0.4 is 5.32 Å². The Hall–Kier alpha value is -0.673. The molecule has 1 aromatic rings. The molecule has 1 nitrogen and oxygen atoms in total. The van der Waals surface area contributed by atoms with Gasteiger partial charge in [0, 0.05) is 12.6 Å². The van der Waals surface area contributed by atoms with E-state index in [1.165, 1.54) is 11.1 Å². The maximum atomic E-state index is 5.36. The fourth-order valence-electron chi connectivity index (χ4n) is 1.68. The molecule has 16 heavy (non-hydrogen) atoms. The first-order chi connectivity index (χ1) is 7.38. The lowest BCUT2D eigenvalue weighted by Crippen LogP contribution is -2.31. The van der Waals surface area contributed by atoms with E-state index in [1.807, 2.05) is 7.05 Å². The van der Waals surface area contributed by atoms with Crippen molar-refractivity contribution in [1.82, 2.24) is 5.32 Å². The van der Waals surface area contributed by atoms with Crippen molar-refractivity contribution in [2.75, 3.05) is 7.05 Å². The molecule has 0 aliphatic carbocycles. The molecule has 0 spiro atoms. The lowest BCUT2D eigenvalue weighted by molar-refractivity contribution is 1.01. The average Bonchev–Trinajstić information content (AvgIpc) is 2.25. The van der Waals surface area contributed by atoms with Crippen LogP contribution in [0.1, 0.15) is 23.6 Å². The lowest BCUT2D eigenvalue weighted by atomic mass is 10.0. The molecule has 0 bridgehead atoms. The summed E-state index contributed by atoms with van der Waals surface area (Å²) in [6, 6.07) is 8.49. The van der Waals surface area contributed by atoms with Gasteiger partial charge in [0.15, 0.2) is 0 Å². The lowest BCUT2D eigenvalue weighted by Gasteiger charge is -2.27. The maximum absolute atomic E-state index is 5.36. The first kappa shape index (κ1) is 13.4. The Kier molecular flexibility index (Phi) is 4.27. The van der Waals surface area contributed by atoms with Gasteiger partial charge in [0.05, 0.1) is 8.07 Å². The second kappa shape index (κ2) is 5.10. The van der Waals surface area contributed by atoms with Gasteiger partial charge in [-0.15, -0.1) is 0 Å². The quantitative estimate of drug-likeness (QED) is 0.651. The van der Waals surface area contributed by atoms with Crippen molar-refractivity contribution in [3.05, 3.63) is 35.4 Å². The third-order valence-corrected chi connectivity index (χ3v) is 6.53. The molecule has 1 unspecified atom stereocenters. The van der Waals surface area contributed by atoms with Crippen molar-refractivity contribution in [3.63, 3.8) is 0 Å². The van der Waals surface area contributed by atoms with Gasteiger partial charge < -0.3 is 5.32 Å². The minimum atomic E-state index is -1.18. The topological polar surface area (TPSA) is 12.0 Å². The van der Waals surface area contributed by atoms with Crippen molar-refractivity contribution < 1.29 is 0 Å². The molecule has 0 aromatic heterocycles. The second-order valence-electron chi connectivity index (χ2n) is 5.25. The number of hydrogen-bond donors (Lipinski definition) is 1. The van der Waals surface area contributed by atoms with Gasteiger partial charge in [0.1, 0.15) is 4.99 Å². The second-order valence-corrected chi connectivity index (χ2v) is 11.3. The highest BCUT2D eigenvalue weighted by atomic mass is 32.1. The highest BCUT2D eigenvalue weighted by Gasteiger charge is 2.26. The van der Waals surface area contributed by atoms with Crippen LogP contribution in [0.4, 0.5) is 0 Å². The zero-order valence-corrected chi connectivity index (χ0v) is 12.6. The van der Waals surface area contributed by atoms with E-state index in [4.69, 9.17) is 12.2 Å². The predicted octanol–water partition coefficient (Wildman–Crippen LogP) is 3.56. The van der Waals surface area contributed by atoms with Gasteiger partial charge >= 0.3 is 0 Å². The Morgan fingerprint density at radius 1 is 1.25 bits per heavy atom. The van der Waals surface area contributed by atoms with Crippen LogP contribution >= 0.6 is 12.2 Å². The third-order valence-electron chi connectivity index (χ3n) is 3.20. The van der Waals surface area contributed by atoms with Crippen molar-refractivity contribution in [3.8, 4) is 0 Å². The Labute approximate surface area is 105 Å². The van der Waals surface area contributed by atoms with E-state index >= 15 is 0 Å². The third kappa shape index (κ3) is 2.92. The van der Waals surface area contributed by atoms with Crippen LogP contribution in [0.2, 0.25) is 19.6 Å². The van der Waals surface area contributed by atoms with E-state index in [0.29, 0.717) is 5.54 Å². The molecular formula is C13H21NSSi. The van der Waals surface area contributed by atoms with Crippen LogP contribution in [0.3, 0.4) is 0 Å². The Balaban J connectivity index is 3.18. The average molecular weight is 251 g/mol. The van der Waals surface area contributed by atoms with Gasteiger partial charge in [-0.3, -0.25) is 0 Å². The minimum Gasteiger partial charge on any atom is -0.379 e. The highest BCUT2D eigenvalue weighted by molar-refractivity contribution is 7.80. The summed E-state index contributed by atoms with van der Waals surface area (Å²) in [6.45, 7) is 9.52. The Morgan fingerprint density at radius 3 is 2.31 bits per heavy atom. The summed E-state index contributed by atoms with van der Waals surface area (Å²) in [6.07, 6.45) is 0. The SMILES string of the molecule is CNC(=S)c1ccccc1C(C)[Si](C)(C)C. The summed E-state index contributed by atoms with van der Waals surface area (Å²) in [7, 11) is 0.708. The van der Waals surface area contributed by atoms with Crippen molar-refractivity contribution in [2.45, 2.75) is 32.1 Å². The van der Waals surface area contributed by atoms with Crippen LogP contribution in [0.5, 0.6) is 0 Å². The number of benzene rings is 1. The molecule has 0 aliphatic heterocycles. The van der Waals surface area contributed by atoms with Gasteiger partial charge in [-0.05, 0) is 11.1 Å². The summed E-state index contributed by atoms with van der Waals surface area (Å²) in [4.78, 5) is 0.848. The molecule has 1 aromatic carbocycles. The fraction of sp³-hybridized carbons (Fsp3) is 0.462. The van der Waals surface area contributed by atoms with Gasteiger partial charge in [0.25, 0.3) is 0 Å². The number of thiocarbonyl (C=S) groups is 1. The summed E-state index contributed by atoms with van der Waals surface area (Å²) >= 11 is 5.36. The molecule has 0 saturated heterocycles. The summed E-state index contributed by atoms with van der Waals surface area (Å²) < 4.78 is 0. The molecule has 0 aliphatic rings. The van der Waals surface area contributed by atoms with E-state index in [9.17, 15) is 0 Å². The molecular weight excluding hydrogens is 230 g/mol. The van der Waals surface area contributed by atoms with Crippen molar-refractivity contribution in [2.24, 2.45) is 0 Å². The van der Waals surface area contributed by atoms with E-state index in [2.05, 4.69) is 56.1 Å². The molecule has 1 rings (SSSR count). The van der Waals surface area contributed by atoms with Gasteiger partial charge in [-0.1, -0.05) is 63.0 Å². The summed E-state index contributed by atoms with van der Waals surface area (Å²) in [5.41, 5.74) is 3.20. The number of hydrogen-bond acceptors (Lipinski definition) is 1. The van der Waals surface area contributed by atoms with Crippen molar-refractivity contribution in [1.29, 1.82) is 0 Å². The fourth-order valence-corrected chi connectivity index (χ4v) is 3.05. The zero-order valence-electron chi connectivity index (χ0n) is 10.8. The minimum absolute atomic E-state index is 0.620. The first-order valence-corrected chi connectivity index (χ1v) is 9.67. The van der Waals surface area contributed by atoms with Crippen LogP contribution in [-0.2, 0) is 0 Å². The van der Waals surface area contributed by atoms with E-state index in [0.717, 1.165) is 4.99 Å².